The second kappa shape index (κ2) is 11.6. The molecule has 0 aliphatic rings. The Balaban J connectivity index is 1.79. The van der Waals surface area contributed by atoms with Crippen LogP contribution in [-0.2, 0) is 9.53 Å². The molecule has 7 heteroatoms. The Hall–Kier alpha value is -3.06. The summed E-state index contributed by atoms with van der Waals surface area (Å²) in [5.74, 6) is 0.424. The average molecular weight is 385 g/mol. The lowest BCUT2D eigenvalue weighted by Crippen LogP contribution is -2.25. The van der Waals surface area contributed by atoms with Crippen molar-refractivity contribution < 1.29 is 19.1 Å². The smallest absolute Gasteiger partial charge is 0.251 e. The molecular formula is C21H27N3O4. The maximum atomic E-state index is 12.1. The summed E-state index contributed by atoms with van der Waals surface area (Å²) in [6, 6.07) is 14.2. The van der Waals surface area contributed by atoms with Crippen LogP contribution in [-0.4, -0.2) is 45.2 Å². The van der Waals surface area contributed by atoms with E-state index in [1.807, 2.05) is 31.2 Å². The van der Waals surface area contributed by atoms with Crippen LogP contribution in [0.2, 0.25) is 0 Å². The lowest BCUT2D eigenvalue weighted by atomic mass is 10.2. The van der Waals surface area contributed by atoms with Crippen molar-refractivity contribution in [2.75, 3.05) is 44.0 Å². The Kier molecular flexibility index (Phi) is 8.81. The van der Waals surface area contributed by atoms with Crippen LogP contribution in [0.3, 0.4) is 0 Å². The fraction of sp³-hybridized carbons (Fsp3) is 0.333. The number of hydrogen-bond donors (Lipinski definition) is 3. The molecule has 3 N–H and O–H groups in total. The normalized spacial score (nSPS) is 10.2. The molecule has 2 aromatic carbocycles. The van der Waals surface area contributed by atoms with Gasteiger partial charge in [0, 0.05) is 43.3 Å². The first-order valence-electron chi connectivity index (χ1n) is 9.26. The number of nitrogens with one attached hydrogen (secondary N) is 3. The molecule has 0 aliphatic heterocycles. The van der Waals surface area contributed by atoms with Crippen molar-refractivity contribution in [1.29, 1.82) is 0 Å². The second-order valence-electron chi connectivity index (χ2n) is 6.04. The second-order valence-corrected chi connectivity index (χ2v) is 6.04. The first-order valence-corrected chi connectivity index (χ1v) is 9.26. The molecule has 0 aliphatic carbocycles. The molecule has 0 aromatic heterocycles. The number of ether oxygens (including phenoxy) is 2. The van der Waals surface area contributed by atoms with Gasteiger partial charge in [0.1, 0.15) is 5.75 Å². The number of methoxy groups -OCH3 is 1. The van der Waals surface area contributed by atoms with Gasteiger partial charge < -0.3 is 25.4 Å². The molecule has 2 amide bonds. The largest absolute Gasteiger partial charge is 0.494 e. The summed E-state index contributed by atoms with van der Waals surface area (Å²) >= 11 is 0. The summed E-state index contributed by atoms with van der Waals surface area (Å²) in [6.07, 6.45) is 0.761. The zero-order chi connectivity index (χ0) is 20.2. The first kappa shape index (κ1) is 21.2. The van der Waals surface area contributed by atoms with Crippen LogP contribution in [0.1, 0.15) is 23.7 Å². The van der Waals surface area contributed by atoms with Gasteiger partial charge in [-0.1, -0.05) is 6.07 Å². The van der Waals surface area contributed by atoms with Crippen LogP contribution < -0.4 is 20.7 Å². The Labute approximate surface area is 165 Å². The van der Waals surface area contributed by atoms with Crippen molar-refractivity contribution >= 4 is 23.2 Å². The Bertz CT molecular complexity index is 763. The number of benzene rings is 2. The van der Waals surface area contributed by atoms with Crippen LogP contribution in [0.4, 0.5) is 11.4 Å². The highest BCUT2D eigenvalue weighted by atomic mass is 16.5. The molecule has 0 heterocycles. The van der Waals surface area contributed by atoms with E-state index in [2.05, 4.69) is 16.0 Å². The quantitative estimate of drug-likeness (QED) is 0.518. The molecule has 2 aromatic rings. The molecule has 0 bridgehead atoms. The fourth-order valence-corrected chi connectivity index (χ4v) is 2.48. The van der Waals surface area contributed by atoms with Gasteiger partial charge in [-0.05, 0) is 49.7 Å². The van der Waals surface area contributed by atoms with Crippen LogP contribution in [0.15, 0.2) is 48.5 Å². The summed E-state index contributed by atoms with van der Waals surface area (Å²) in [5.41, 5.74) is 1.98. The van der Waals surface area contributed by atoms with E-state index in [1.165, 1.54) is 0 Å². The molecule has 0 spiro atoms. The van der Waals surface area contributed by atoms with Gasteiger partial charge in [-0.3, -0.25) is 9.59 Å². The van der Waals surface area contributed by atoms with Crippen molar-refractivity contribution in [2.24, 2.45) is 0 Å². The van der Waals surface area contributed by atoms with Crippen molar-refractivity contribution in [3.63, 3.8) is 0 Å². The van der Waals surface area contributed by atoms with E-state index in [9.17, 15) is 9.59 Å². The molecule has 2 rings (SSSR count). The summed E-state index contributed by atoms with van der Waals surface area (Å²) in [4.78, 5) is 24.1. The minimum absolute atomic E-state index is 0.122. The van der Waals surface area contributed by atoms with E-state index in [1.54, 1.807) is 31.4 Å². The standard InChI is InChI=1S/C21H27N3O4/c1-3-28-19-7-4-6-18(14-19)23-15-20(25)24-17-10-8-16(9-11-17)21(26)22-12-5-13-27-2/h4,6-11,14,23H,3,5,12-13,15H2,1-2H3,(H,22,26)(H,24,25). The Morgan fingerprint density at radius 1 is 1.04 bits per heavy atom. The third-order valence-electron chi connectivity index (χ3n) is 3.84. The van der Waals surface area contributed by atoms with E-state index in [0.717, 1.165) is 17.9 Å². The average Bonchev–Trinajstić information content (AvgIpc) is 2.71. The van der Waals surface area contributed by atoms with Crippen LogP contribution in [0, 0.1) is 0 Å². The van der Waals surface area contributed by atoms with Gasteiger partial charge in [-0.2, -0.15) is 0 Å². The predicted octanol–water partition coefficient (Wildman–Crippen LogP) is 2.90. The van der Waals surface area contributed by atoms with E-state index in [4.69, 9.17) is 9.47 Å². The van der Waals surface area contributed by atoms with E-state index in [-0.39, 0.29) is 18.4 Å². The Morgan fingerprint density at radius 3 is 2.54 bits per heavy atom. The topological polar surface area (TPSA) is 88.7 Å². The Morgan fingerprint density at radius 2 is 1.82 bits per heavy atom. The minimum atomic E-state index is -0.182. The van der Waals surface area contributed by atoms with Gasteiger partial charge in [0.15, 0.2) is 0 Å². The van der Waals surface area contributed by atoms with Gasteiger partial charge in [0.2, 0.25) is 5.91 Å². The molecule has 0 unspecified atom stereocenters. The first-order chi connectivity index (χ1) is 13.6. The summed E-state index contributed by atoms with van der Waals surface area (Å²) in [6.45, 7) is 3.79. The zero-order valence-electron chi connectivity index (χ0n) is 16.3. The summed E-state index contributed by atoms with van der Waals surface area (Å²) < 4.78 is 10.4. The molecule has 150 valence electrons. The molecule has 0 radical (unpaired) electrons. The third kappa shape index (κ3) is 7.28. The van der Waals surface area contributed by atoms with Crippen molar-refractivity contribution in [1.82, 2.24) is 5.32 Å². The number of anilines is 2. The third-order valence-corrected chi connectivity index (χ3v) is 3.84. The van der Waals surface area contributed by atoms with E-state index in [0.29, 0.717) is 31.0 Å². The van der Waals surface area contributed by atoms with Gasteiger partial charge in [-0.15, -0.1) is 0 Å². The van der Waals surface area contributed by atoms with Crippen LogP contribution >= 0.6 is 0 Å². The summed E-state index contributed by atoms with van der Waals surface area (Å²) in [7, 11) is 1.63. The molecular weight excluding hydrogens is 358 g/mol. The molecule has 0 fully saturated rings. The van der Waals surface area contributed by atoms with Crippen LogP contribution in [0.5, 0.6) is 5.75 Å². The lowest BCUT2D eigenvalue weighted by Gasteiger charge is -2.10. The number of rotatable bonds is 11. The zero-order valence-corrected chi connectivity index (χ0v) is 16.3. The highest BCUT2D eigenvalue weighted by Gasteiger charge is 2.07. The molecule has 0 saturated carbocycles. The SMILES string of the molecule is CCOc1cccc(NCC(=O)Nc2ccc(C(=O)NCCCOC)cc2)c1. The van der Waals surface area contributed by atoms with Crippen molar-refractivity contribution in [2.45, 2.75) is 13.3 Å². The maximum Gasteiger partial charge on any atom is 0.251 e. The highest BCUT2D eigenvalue weighted by Crippen LogP contribution is 2.17. The number of carbonyl (C=O) groups excluding carboxylic acids is 2. The molecule has 0 saturated heterocycles. The van der Waals surface area contributed by atoms with Crippen molar-refractivity contribution in [3.05, 3.63) is 54.1 Å². The number of hydrogen-bond acceptors (Lipinski definition) is 5. The monoisotopic (exact) mass is 385 g/mol. The predicted molar refractivity (Wildman–Crippen MR) is 110 cm³/mol. The molecule has 7 nitrogen and oxygen atoms in total. The number of carbonyl (C=O) groups is 2. The van der Waals surface area contributed by atoms with Gasteiger partial charge in [0.25, 0.3) is 5.91 Å². The van der Waals surface area contributed by atoms with Crippen LogP contribution in [0.25, 0.3) is 0 Å². The highest BCUT2D eigenvalue weighted by molar-refractivity contribution is 5.96. The fourth-order valence-electron chi connectivity index (χ4n) is 2.48. The molecule has 28 heavy (non-hydrogen) atoms. The van der Waals surface area contributed by atoms with Gasteiger partial charge in [0.05, 0.1) is 13.2 Å². The lowest BCUT2D eigenvalue weighted by molar-refractivity contribution is -0.114. The van der Waals surface area contributed by atoms with Gasteiger partial charge in [-0.25, -0.2) is 0 Å². The van der Waals surface area contributed by atoms with E-state index >= 15 is 0 Å². The molecule has 0 atom stereocenters. The summed E-state index contributed by atoms with van der Waals surface area (Å²) in [5, 5.41) is 8.68. The minimum Gasteiger partial charge on any atom is -0.494 e. The van der Waals surface area contributed by atoms with Gasteiger partial charge >= 0.3 is 0 Å². The van der Waals surface area contributed by atoms with E-state index < -0.39 is 0 Å². The number of amides is 2. The maximum absolute atomic E-state index is 12.1. The van der Waals surface area contributed by atoms with Crippen molar-refractivity contribution in [3.8, 4) is 5.75 Å².